The molecule has 108 valence electrons. The lowest BCUT2D eigenvalue weighted by Gasteiger charge is -2.36. The lowest BCUT2D eigenvalue weighted by atomic mass is 10.0. The van der Waals surface area contributed by atoms with E-state index in [0.29, 0.717) is 0 Å². The maximum absolute atomic E-state index is 12.2. The Labute approximate surface area is 128 Å². The molecule has 1 aromatic carbocycles. The Kier molecular flexibility index (Phi) is 5.24. The Morgan fingerprint density at radius 1 is 1.50 bits per heavy atom. The molecule has 1 fully saturated rings. The first kappa shape index (κ1) is 15.1. The van der Waals surface area contributed by atoms with Crippen molar-refractivity contribution in [1.82, 2.24) is 4.90 Å². The van der Waals surface area contributed by atoms with Crippen LogP contribution in [-0.2, 0) is 4.74 Å². The van der Waals surface area contributed by atoms with Crippen LogP contribution < -0.4 is 0 Å². The molecular weight excluding hydrogens is 318 g/mol. The normalized spacial score (nSPS) is 20.4. The zero-order valence-electron chi connectivity index (χ0n) is 11.7. The van der Waals surface area contributed by atoms with Gasteiger partial charge in [0, 0.05) is 23.9 Å². The van der Waals surface area contributed by atoms with Gasteiger partial charge in [-0.25, -0.2) is 4.79 Å². The minimum atomic E-state index is -0.210. The Morgan fingerprint density at radius 2 is 2.20 bits per heavy atom. The molecule has 3 nitrogen and oxygen atoms in total. The second-order valence-electron chi connectivity index (χ2n) is 4.99. The van der Waals surface area contributed by atoms with Crippen LogP contribution in [0.3, 0.4) is 0 Å². The highest BCUT2D eigenvalue weighted by Gasteiger charge is 2.31. The first-order valence-electron chi connectivity index (χ1n) is 6.99. The molecule has 1 aromatic rings. The van der Waals surface area contributed by atoms with Crippen LogP contribution in [0.15, 0.2) is 41.4 Å². The van der Waals surface area contributed by atoms with Crippen molar-refractivity contribution in [2.45, 2.75) is 38.3 Å². The SMILES string of the molecule is C=CCC1CCN(C(CC)c2ccc(Br)cc2)C(=O)O1. The topological polar surface area (TPSA) is 29.5 Å². The number of ether oxygens (including phenoxy) is 1. The number of carbonyl (C=O) groups is 1. The van der Waals surface area contributed by atoms with Crippen LogP contribution in [0.1, 0.15) is 37.8 Å². The van der Waals surface area contributed by atoms with Crippen molar-refractivity contribution in [2.24, 2.45) is 0 Å². The second kappa shape index (κ2) is 6.93. The Morgan fingerprint density at radius 3 is 2.75 bits per heavy atom. The van der Waals surface area contributed by atoms with Crippen molar-refractivity contribution in [3.05, 3.63) is 47.0 Å². The average molecular weight is 338 g/mol. The number of hydrogen-bond acceptors (Lipinski definition) is 2. The van der Waals surface area contributed by atoms with Gasteiger partial charge in [-0.15, -0.1) is 6.58 Å². The molecular formula is C16H20BrNO2. The van der Waals surface area contributed by atoms with Crippen LogP contribution in [-0.4, -0.2) is 23.6 Å². The number of amides is 1. The van der Waals surface area contributed by atoms with E-state index in [2.05, 4.69) is 41.6 Å². The number of rotatable bonds is 5. The summed E-state index contributed by atoms with van der Waals surface area (Å²) in [6.07, 6.45) is 4.05. The minimum Gasteiger partial charge on any atom is -0.446 e. The molecule has 2 rings (SSSR count). The summed E-state index contributed by atoms with van der Waals surface area (Å²) in [4.78, 5) is 14.0. The highest BCUT2D eigenvalue weighted by Crippen LogP contribution is 2.29. The van der Waals surface area contributed by atoms with E-state index in [-0.39, 0.29) is 18.2 Å². The minimum absolute atomic E-state index is 0.0151. The van der Waals surface area contributed by atoms with Crippen molar-refractivity contribution in [1.29, 1.82) is 0 Å². The summed E-state index contributed by atoms with van der Waals surface area (Å²) in [5, 5.41) is 0. The lowest BCUT2D eigenvalue weighted by Crippen LogP contribution is -2.43. The second-order valence-corrected chi connectivity index (χ2v) is 5.90. The fraction of sp³-hybridized carbons (Fsp3) is 0.438. The molecule has 0 aliphatic carbocycles. The van der Waals surface area contributed by atoms with Gasteiger partial charge >= 0.3 is 6.09 Å². The molecule has 1 heterocycles. The summed E-state index contributed by atoms with van der Waals surface area (Å²) in [5.74, 6) is 0. The van der Waals surface area contributed by atoms with E-state index in [1.807, 2.05) is 17.0 Å². The van der Waals surface area contributed by atoms with E-state index in [1.165, 1.54) is 0 Å². The van der Waals surface area contributed by atoms with Crippen LogP contribution in [0.4, 0.5) is 4.79 Å². The predicted octanol–water partition coefficient (Wildman–Crippen LogP) is 4.69. The van der Waals surface area contributed by atoms with E-state index >= 15 is 0 Å². The molecule has 1 aliphatic rings. The largest absolute Gasteiger partial charge is 0.446 e. The Hall–Kier alpha value is -1.29. The van der Waals surface area contributed by atoms with Crippen LogP contribution >= 0.6 is 15.9 Å². The molecule has 4 heteroatoms. The number of cyclic esters (lactones) is 1. The number of hydrogen-bond donors (Lipinski definition) is 0. The van der Waals surface area contributed by atoms with E-state index in [0.717, 1.165) is 35.8 Å². The molecule has 0 saturated carbocycles. The highest BCUT2D eigenvalue weighted by molar-refractivity contribution is 9.10. The van der Waals surface area contributed by atoms with Gasteiger partial charge in [-0.1, -0.05) is 41.1 Å². The van der Waals surface area contributed by atoms with Crippen LogP contribution in [0, 0.1) is 0 Å². The first-order chi connectivity index (χ1) is 9.65. The zero-order valence-corrected chi connectivity index (χ0v) is 13.3. The molecule has 20 heavy (non-hydrogen) atoms. The maximum Gasteiger partial charge on any atom is 0.410 e. The summed E-state index contributed by atoms with van der Waals surface area (Å²) >= 11 is 3.43. The third kappa shape index (κ3) is 3.42. The van der Waals surface area contributed by atoms with E-state index in [4.69, 9.17) is 4.74 Å². The number of benzene rings is 1. The van der Waals surface area contributed by atoms with E-state index in [1.54, 1.807) is 6.08 Å². The van der Waals surface area contributed by atoms with E-state index < -0.39 is 0 Å². The van der Waals surface area contributed by atoms with Gasteiger partial charge in [0.25, 0.3) is 0 Å². The Balaban J connectivity index is 2.10. The van der Waals surface area contributed by atoms with E-state index in [9.17, 15) is 4.79 Å². The predicted molar refractivity (Wildman–Crippen MR) is 83.6 cm³/mol. The van der Waals surface area contributed by atoms with Gasteiger partial charge < -0.3 is 9.64 Å². The molecule has 0 spiro atoms. The molecule has 2 unspecified atom stereocenters. The Bertz CT molecular complexity index is 472. The third-order valence-electron chi connectivity index (χ3n) is 3.64. The fourth-order valence-electron chi connectivity index (χ4n) is 2.60. The molecule has 0 aromatic heterocycles. The molecule has 1 amide bonds. The first-order valence-corrected chi connectivity index (χ1v) is 7.78. The summed E-state index contributed by atoms with van der Waals surface area (Å²) in [6, 6.07) is 8.21. The average Bonchev–Trinajstić information content (AvgIpc) is 2.44. The van der Waals surface area contributed by atoms with Crippen LogP contribution in [0.25, 0.3) is 0 Å². The molecule has 0 N–H and O–H groups in total. The van der Waals surface area contributed by atoms with Gasteiger partial charge in [0.05, 0.1) is 6.04 Å². The van der Waals surface area contributed by atoms with Gasteiger partial charge in [-0.2, -0.15) is 0 Å². The fourth-order valence-corrected chi connectivity index (χ4v) is 2.86. The molecule has 2 atom stereocenters. The molecule has 1 aliphatic heterocycles. The zero-order chi connectivity index (χ0) is 14.5. The maximum atomic E-state index is 12.2. The van der Waals surface area contributed by atoms with Gasteiger partial charge in [0.15, 0.2) is 0 Å². The summed E-state index contributed by atoms with van der Waals surface area (Å²) in [6.45, 7) is 6.53. The lowest BCUT2D eigenvalue weighted by molar-refractivity contribution is 0.0115. The summed E-state index contributed by atoms with van der Waals surface area (Å²) in [7, 11) is 0. The molecule has 0 bridgehead atoms. The van der Waals surface area contributed by atoms with Crippen molar-refractivity contribution in [3.8, 4) is 0 Å². The monoisotopic (exact) mass is 337 g/mol. The standard InChI is InChI=1S/C16H20BrNO2/c1-3-5-14-10-11-18(16(19)20-14)15(4-2)12-6-8-13(17)9-7-12/h3,6-9,14-15H,1,4-5,10-11H2,2H3. The quantitative estimate of drug-likeness (QED) is 0.729. The van der Waals surface area contributed by atoms with Crippen molar-refractivity contribution in [2.75, 3.05) is 6.54 Å². The van der Waals surface area contributed by atoms with Gasteiger partial charge in [0.2, 0.25) is 0 Å². The summed E-state index contributed by atoms with van der Waals surface area (Å²) in [5.41, 5.74) is 1.15. The smallest absolute Gasteiger partial charge is 0.410 e. The highest BCUT2D eigenvalue weighted by atomic mass is 79.9. The number of nitrogens with zero attached hydrogens (tertiary/aromatic N) is 1. The summed E-state index contributed by atoms with van der Waals surface area (Å²) < 4.78 is 6.52. The van der Waals surface area contributed by atoms with Crippen LogP contribution in [0.2, 0.25) is 0 Å². The van der Waals surface area contributed by atoms with Crippen molar-refractivity contribution in [3.63, 3.8) is 0 Å². The van der Waals surface area contributed by atoms with Gasteiger partial charge in [0.1, 0.15) is 6.10 Å². The van der Waals surface area contributed by atoms with Crippen molar-refractivity contribution < 1.29 is 9.53 Å². The van der Waals surface area contributed by atoms with Crippen LogP contribution in [0.5, 0.6) is 0 Å². The van der Waals surface area contributed by atoms with Gasteiger partial charge in [-0.05, 0) is 24.1 Å². The van der Waals surface area contributed by atoms with Gasteiger partial charge in [-0.3, -0.25) is 0 Å². The molecule has 1 saturated heterocycles. The van der Waals surface area contributed by atoms with Crippen molar-refractivity contribution >= 4 is 22.0 Å². The number of carbonyl (C=O) groups excluding carboxylic acids is 1. The molecule has 0 radical (unpaired) electrons. The third-order valence-corrected chi connectivity index (χ3v) is 4.17. The number of halogens is 1.